The molecule has 0 spiro atoms. The van der Waals surface area contributed by atoms with Crippen LogP contribution in [0.15, 0.2) is 36.8 Å². The van der Waals surface area contributed by atoms with E-state index in [0.717, 1.165) is 12.1 Å². The van der Waals surface area contributed by atoms with Crippen molar-refractivity contribution >= 4 is 6.47 Å². The Bertz CT molecular complexity index is 550. The zero-order valence-electron chi connectivity index (χ0n) is 10.2. The van der Waals surface area contributed by atoms with Gasteiger partial charge in [-0.1, -0.05) is 12.1 Å². The molecule has 0 saturated carbocycles. The lowest BCUT2D eigenvalue weighted by atomic mass is 10.0. The topological polar surface area (TPSA) is 55.0 Å². The van der Waals surface area contributed by atoms with Crippen molar-refractivity contribution in [3.63, 3.8) is 0 Å². The SMILES string of the molecule is O=COC(Cc1ccc(C(F)(F)F)cc1)c1cnc[nH]1. The van der Waals surface area contributed by atoms with Gasteiger partial charge >= 0.3 is 6.18 Å². The molecule has 0 saturated heterocycles. The quantitative estimate of drug-likeness (QED) is 0.859. The second-order valence-electron chi connectivity index (χ2n) is 4.13. The highest BCUT2D eigenvalue weighted by molar-refractivity contribution is 5.38. The molecule has 1 aromatic heterocycles. The first kappa shape index (κ1) is 14.1. The number of hydrogen-bond acceptors (Lipinski definition) is 3. The van der Waals surface area contributed by atoms with E-state index in [-0.39, 0.29) is 6.42 Å². The van der Waals surface area contributed by atoms with E-state index in [1.807, 2.05) is 0 Å². The fraction of sp³-hybridized carbons (Fsp3) is 0.231. The predicted molar refractivity (Wildman–Crippen MR) is 63.6 cm³/mol. The molecule has 4 nitrogen and oxygen atoms in total. The summed E-state index contributed by atoms with van der Waals surface area (Å²) in [6.45, 7) is 0.301. The largest absolute Gasteiger partial charge is 0.458 e. The number of aromatic amines is 1. The van der Waals surface area contributed by atoms with E-state index in [1.165, 1.54) is 24.7 Å². The molecular weight excluding hydrogens is 273 g/mol. The lowest BCUT2D eigenvalue weighted by Gasteiger charge is -2.14. The molecule has 0 bridgehead atoms. The van der Waals surface area contributed by atoms with Crippen molar-refractivity contribution in [1.82, 2.24) is 9.97 Å². The molecule has 1 aromatic carbocycles. The fourth-order valence-electron chi connectivity index (χ4n) is 1.79. The third-order valence-electron chi connectivity index (χ3n) is 2.79. The Kier molecular flexibility index (Phi) is 4.07. The van der Waals surface area contributed by atoms with Crippen LogP contribution in [-0.2, 0) is 22.1 Å². The number of benzene rings is 1. The van der Waals surface area contributed by atoms with Gasteiger partial charge in [0.05, 0.1) is 23.8 Å². The molecular formula is C13H11F3N2O2. The van der Waals surface area contributed by atoms with Crippen LogP contribution in [0.5, 0.6) is 0 Å². The lowest BCUT2D eigenvalue weighted by Crippen LogP contribution is -2.08. The molecule has 106 valence electrons. The van der Waals surface area contributed by atoms with Crippen molar-refractivity contribution in [2.24, 2.45) is 0 Å². The van der Waals surface area contributed by atoms with E-state index in [4.69, 9.17) is 4.74 Å². The van der Waals surface area contributed by atoms with Crippen LogP contribution in [0.2, 0.25) is 0 Å². The van der Waals surface area contributed by atoms with Crippen molar-refractivity contribution in [1.29, 1.82) is 0 Å². The van der Waals surface area contributed by atoms with Crippen molar-refractivity contribution in [2.75, 3.05) is 0 Å². The average Bonchev–Trinajstić information content (AvgIpc) is 2.91. The summed E-state index contributed by atoms with van der Waals surface area (Å²) in [6.07, 6.45) is -1.77. The number of imidazole rings is 1. The number of aromatic nitrogens is 2. The summed E-state index contributed by atoms with van der Waals surface area (Å²) in [5.41, 5.74) is 0.493. The Morgan fingerprint density at radius 3 is 2.50 bits per heavy atom. The van der Waals surface area contributed by atoms with E-state index in [0.29, 0.717) is 17.7 Å². The molecule has 7 heteroatoms. The smallest absolute Gasteiger partial charge is 0.416 e. The van der Waals surface area contributed by atoms with Gasteiger partial charge in [0.15, 0.2) is 0 Å². The van der Waals surface area contributed by atoms with Gasteiger partial charge in [-0.15, -0.1) is 0 Å². The van der Waals surface area contributed by atoms with E-state index in [1.54, 1.807) is 0 Å². The fourth-order valence-corrected chi connectivity index (χ4v) is 1.79. The van der Waals surface area contributed by atoms with Crippen LogP contribution in [0.1, 0.15) is 22.9 Å². The maximum absolute atomic E-state index is 12.4. The minimum absolute atomic E-state index is 0.263. The van der Waals surface area contributed by atoms with Crippen LogP contribution in [0.3, 0.4) is 0 Å². The molecule has 20 heavy (non-hydrogen) atoms. The van der Waals surface area contributed by atoms with Crippen LogP contribution < -0.4 is 0 Å². The molecule has 1 unspecified atom stereocenters. The summed E-state index contributed by atoms with van der Waals surface area (Å²) in [5, 5.41) is 0. The highest BCUT2D eigenvalue weighted by Crippen LogP contribution is 2.29. The number of nitrogens with zero attached hydrogens (tertiary/aromatic N) is 1. The standard InChI is InChI=1S/C13H11F3N2O2/c14-13(15,16)10-3-1-9(2-4-10)5-12(20-8-19)11-6-17-7-18-11/h1-4,6-8,12H,5H2,(H,17,18). The highest BCUT2D eigenvalue weighted by Gasteiger charge is 2.30. The summed E-state index contributed by atoms with van der Waals surface area (Å²) in [5.74, 6) is 0. The van der Waals surface area contributed by atoms with Crippen molar-refractivity contribution in [3.8, 4) is 0 Å². The summed E-state index contributed by atoms with van der Waals surface area (Å²) in [6, 6.07) is 4.72. The molecule has 0 amide bonds. The van der Waals surface area contributed by atoms with E-state index in [9.17, 15) is 18.0 Å². The second-order valence-corrected chi connectivity index (χ2v) is 4.13. The van der Waals surface area contributed by atoms with Crippen molar-refractivity contribution < 1.29 is 22.7 Å². The maximum Gasteiger partial charge on any atom is 0.416 e. The normalized spacial score (nSPS) is 12.9. The van der Waals surface area contributed by atoms with E-state index in [2.05, 4.69) is 9.97 Å². The van der Waals surface area contributed by atoms with Crippen LogP contribution in [0.25, 0.3) is 0 Å². The van der Waals surface area contributed by atoms with Gasteiger partial charge in [0.25, 0.3) is 6.47 Å². The summed E-state index contributed by atoms with van der Waals surface area (Å²) >= 11 is 0. The van der Waals surface area contributed by atoms with Gasteiger partial charge in [-0.05, 0) is 17.7 Å². The molecule has 0 fully saturated rings. The van der Waals surface area contributed by atoms with Gasteiger partial charge in [-0.3, -0.25) is 4.79 Å². The molecule has 0 aliphatic rings. The number of ether oxygens (including phenoxy) is 1. The van der Waals surface area contributed by atoms with Gasteiger partial charge in [-0.25, -0.2) is 4.98 Å². The first-order valence-corrected chi connectivity index (χ1v) is 5.74. The Morgan fingerprint density at radius 1 is 1.30 bits per heavy atom. The van der Waals surface area contributed by atoms with Crippen molar-refractivity contribution in [2.45, 2.75) is 18.7 Å². The molecule has 2 rings (SSSR count). The number of nitrogens with one attached hydrogen (secondary N) is 1. The molecule has 1 N–H and O–H groups in total. The third kappa shape index (κ3) is 3.37. The zero-order chi connectivity index (χ0) is 14.6. The summed E-state index contributed by atoms with van der Waals surface area (Å²) < 4.78 is 42.2. The van der Waals surface area contributed by atoms with Gasteiger partial charge in [0, 0.05) is 6.42 Å². The molecule has 2 aromatic rings. The van der Waals surface area contributed by atoms with Crippen LogP contribution in [0.4, 0.5) is 13.2 Å². The Morgan fingerprint density at radius 2 is 2.00 bits per heavy atom. The number of H-pyrrole nitrogens is 1. The number of hydrogen-bond donors (Lipinski definition) is 1. The Labute approximate surface area is 112 Å². The lowest BCUT2D eigenvalue weighted by molar-refractivity contribution is -0.137. The first-order chi connectivity index (χ1) is 9.50. The van der Waals surface area contributed by atoms with Crippen molar-refractivity contribution in [3.05, 3.63) is 53.6 Å². The van der Waals surface area contributed by atoms with Gasteiger partial charge in [-0.2, -0.15) is 13.2 Å². The molecule has 0 aliphatic heterocycles. The van der Waals surface area contributed by atoms with Gasteiger partial charge < -0.3 is 9.72 Å². The number of carbonyl (C=O) groups excluding carboxylic acids is 1. The number of carbonyl (C=O) groups is 1. The molecule has 1 atom stereocenters. The predicted octanol–water partition coefficient (Wildman–Crippen LogP) is 2.89. The van der Waals surface area contributed by atoms with Crippen LogP contribution in [-0.4, -0.2) is 16.4 Å². The summed E-state index contributed by atoms with van der Waals surface area (Å²) in [7, 11) is 0. The summed E-state index contributed by atoms with van der Waals surface area (Å²) in [4.78, 5) is 17.1. The number of alkyl halides is 3. The molecule has 0 radical (unpaired) electrons. The zero-order valence-corrected chi connectivity index (χ0v) is 10.2. The molecule has 1 heterocycles. The monoisotopic (exact) mass is 284 g/mol. The third-order valence-corrected chi connectivity index (χ3v) is 2.79. The highest BCUT2D eigenvalue weighted by atomic mass is 19.4. The van der Waals surface area contributed by atoms with Gasteiger partial charge in [0.1, 0.15) is 6.10 Å². The minimum atomic E-state index is -4.36. The van der Waals surface area contributed by atoms with Gasteiger partial charge in [0.2, 0.25) is 0 Å². The second kappa shape index (κ2) is 5.77. The molecule has 0 aliphatic carbocycles. The maximum atomic E-state index is 12.4. The van der Waals surface area contributed by atoms with Crippen LogP contribution >= 0.6 is 0 Å². The minimum Gasteiger partial charge on any atom is -0.458 e. The number of rotatable bonds is 5. The average molecular weight is 284 g/mol. The van der Waals surface area contributed by atoms with Crippen LogP contribution in [0, 0.1) is 0 Å². The number of halogens is 3. The van der Waals surface area contributed by atoms with E-state index >= 15 is 0 Å². The Balaban J connectivity index is 2.13. The Hall–Kier alpha value is -2.31. The van der Waals surface area contributed by atoms with E-state index < -0.39 is 17.8 Å². The first-order valence-electron chi connectivity index (χ1n) is 5.74.